The maximum absolute atomic E-state index is 13.7. The molecule has 0 N–H and O–H groups in total. The third-order valence-corrected chi connectivity index (χ3v) is 4.32. The summed E-state index contributed by atoms with van der Waals surface area (Å²) in [5, 5.41) is 11.3. The van der Waals surface area contributed by atoms with Crippen LogP contribution in [0.15, 0.2) is 66.7 Å². The summed E-state index contributed by atoms with van der Waals surface area (Å²) in [5.74, 6) is -1.36. The number of Topliss-reactive ketones (excluding diaryl/α,β-unsaturated/α-hetero) is 1. The highest BCUT2D eigenvalue weighted by molar-refractivity contribution is 6.00. The minimum absolute atomic E-state index is 0.295. The molecule has 28 heavy (non-hydrogen) atoms. The maximum Gasteiger partial charge on any atom is 0.311 e. The minimum Gasteiger partial charge on any atom is -0.470 e. The number of carbonyl (C=O) groups is 1. The molecule has 0 aliphatic heterocycles. The van der Waals surface area contributed by atoms with E-state index in [1.54, 1.807) is 36.4 Å². The molecule has 0 heterocycles. The summed E-state index contributed by atoms with van der Waals surface area (Å²) in [6.07, 6.45) is -1.15. The summed E-state index contributed by atoms with van der Waals surface area (Å²) < 4.78 is 19.4. The number of aryl methyl sites for hydroxylation is 2. The Balaban J connectivity index is 2.05. The van der Waals surface area contributed by atoms with Gasteiger partial charge in [0.1, 0.15) is 5.82 Å². The van der Waals surface area contributed by atoms with Gasteiger partial charge in [-0.15, -0.1) is 0 Å². The van der Waals surface area contributed by atoms with E-state index in [-0.39, 0.29) is 11.5 Å². The van der Waals surface area contributed by atoms with Crippen molar-refractivity contribution in [2.45, 2.75) is 20.0 Å². The molecule has 0 amide bonds. The molecule has 142 valence electrons. The normalized spacial score (nSPS) is 11.7. The second-order valence-electron chi connectivity index (χ2n) is 6.51. The Morgan fingerprint density at radius 1 is 0.964 bits per heavy atom. The highest BCUT2D eigenvalue weighted by atomic mass is 19.1. The van der Waals surface area contributed by atoms with Gasteiger partial charge in [-0.05, 0) is 19.9 Å². The molecule has 3 aromatic rings. The van der Waals surface area contributed by atoms with Crippen LogP contribution >= 0.6 is 0 Å². The van der Waals surface area contributed by atoms with E-state index in [0.717, 1.165) is 29.3 Å². The van der Waals surface area contributed by atoms with Gasteiger partial charge in [0.25, 0.3) is 0 Å². The fourth-order valence-corrected chi connectivity index (χ4v) is 2.74. The van der Waals surface area contributed by atoms with Crippen molar-refractivity contribution in [3.8, 4) is 5.75 Å². The first-order valence-corrected chi connectivity index (χ1v) is 8.63. The van der Waals surface area contributed by atoms with E-state index in [0.29, 0.717) is 11.1 Å². The highest BCUT2D eigenvalue weighted by Gasteiger charge is 2.27. The number of nitro groups is 1. The molecule has 0 unspecified atom stereocenters. The van der Waals surface area contributed by atoms with E-state index in [1.807, 2.05) is 26.0 Å². The number of halogens is 1. The smallest absolute Gasteiger partial charge is 0.311 e. The second-order valence-corrected chi connectivity index (χ2v) is 6.51. The van der Waals surface area contributed by atoms with E-state index in [2.05, 4.69) is 0 Å². The lowest BCUT2D eigenvalue weighted by Gasteiger charge is -2.19. The van der Waals surface area contributed by atoms with E-state index < -0.39 is 22.5 Å². The van der Waals surface area contributed by atoms with Gasteiger partial charge in [0, 0.05) is 23.3 Å². The number of nitro benzene ring substituents is 1. The lowest BCUT2D eigenvalue weighted by Crippen LogP contribution is -2.20. The largest absolute Gasteiger partial charge is 0.470 e. The summed E-state index contributed by atoms with van der Waals surface area (Å²) in [4.78, 5) is 23.7. The summed E-state index contributed by atoms with van der Waals surface area (Å²) in [6.45, 7) is 3.80. The summed E-state index contributed by atoms with van der Waals surface area (Å²) in [5.41, 5.74) is 2.49. The van der Waals surface area contributed by atoms with Crippen molar-refractivity contribution in [1.82, 2.24) is 0 Å². The van der Waals surface area contributed by atoms with Crippen molar-refractivity contribution in [2.24, 2.45) is 0 Å². The Hall–Kier alpha value is -3.54. The van der Waals surface area contributed by atoms with Gasteiger partial charge < -0.3 is 4.74 Å². The third-order valence-electron chi connectivity index (χ3n) is 4.32. The van der Waals surface area contributed by atoms with E-state index >= 15 is 0 Å². The van der Waals surface area contributed by atoms with Gasteiger partial charge in [0.2, 0.25) is 11.5 Å². The second kappa shape index (κ2) is 8.00. The molecule has 3 aromatic carbocycles. The summed E-state index contributed by atoms with van der Waals surface area (Å²) >= 11 is 0. The molecule has 1 atom stereocenters. The quantitative estimate of drug-likeness (QED) is 0.329. The lowest BCUT2D eigenvalue weighted by atomic mass is 9.98. The number of hydrogen-bond acceptors (Lipinski definition) is 4. The third kappa shape index (κ3) is 4.23. The van der Waals surface area contributed by atoms with Crippen LogP contribution in [0.2, 0.25) is 0 Å². The average Bonchev–Trinajstić information content (AvgIpc) is 2.67. The van der Waals surface area contributed by atoms with Gasteiger partial charge >= 0.3 is 5.69 Å². The number of rotatable bonds is 6. The van der Waals surface area contributed by atoms with E-state index in [9.17, 15) is 19.3 Å². The maximum atomic E-state index is 13.7. The Morgan fingerprint density at radius 2 is 1.54 bits per heavy atom. The monoisotopic (exact) mass is 379 g/mol. The van der Waals surface area contributed by atoms with Gasteiger partial charge in [0.15, 0.2) is 6.10 Å². The molecule has 5 nitrogen and oxygen atoms in total. The molecule has 0 aliphatic carbocycles. The van der Waals surface area contributed by atoms with Gasteiger partial charge in [0.05, 0.1) is 4.92 Å². The predicted molar refractivity (Wildman–Crippen MR) is 103 cm³/mol. The van der Waals surface area contributed by atoms with Crippen molar-refractivity contribution in [2.75, 3.05) is 0 Å². The van der Waals surface area contributed by atoms with Crippen LogP contribution in [0.3, 0.4) is 0 Å². The molecule has 6 heteroatoms. The van der Waals surface area contributed by atoms with Crippen molar-refractivity contribution in [3.05, 3.63) is 105 Å². The zero-order valence-corrected chi connectivity index (χ0v) is 15.4. The van der Waals surface area contributed by atoms with Gasteiger partial charge in [-0.2, -0.15) is 0 Å². The van der Waals surface area contributed by atoms with Gasteiger partial charge in [-0.1, -0.05) is 59.7 Å². The molecule has 0 spiro atoms. The van der Waals surface area contributed by atoms with Crippen molar-refractivity contribution in [1.29, 1.82) is 0 Å². The van der Waals surface area contributed by atoms with Crippen molar-refractivity contribution in [3.63, 3.8) is 0 Å². The lowest BCUT2D eigenvalue weighted by molar-refractivity contribution is -0.386. The SMILES string of the molecule is Cc1ccc(C(=O)[C@@H](Oc2cc(F)ccc2[N+](=O)[O-])c2ccc(C)cc2)cc1. The Bertz CT molecular complexity index is 1010. The van der Waals surface area contributed by atoms with Crippen molar-refractivity contribution < 1.29 is 18.8 Å². The molecule has 3 rings (SSSR count). The van der Waals surface area contributed by atoms with Crippen LogP contribution in [0, 0.1) is 29.8 Å². The highest BCUT2D eigenvalue weighted by Crippen LogP contribution is 2.33. The number of hydrogen-bond donors (Lipinski definition) is 0. The molecular formula is C22H18FNO4. The summed E-state index contributed by atoms with van der Waals surface area (Å²) in [7, 11) is 0. The number of benzene rings is 3. The van der Waals surface area contributed by atoms with Crippen LogP contribution in [-0.2, 0) is 0 Å². The predicted octanol–water partition coefficient (Wildman–Crippen LogP) is 5.35. The Labute approximate surface area is 161 Å². The number of ether oxygens (including phenoxy) is 1. The van der Waals surface area contributed by atoms with Gasteiger partial charge in [-0.3, -0.25) is 14.9 Å². The van der Waals surface area contributed by atoms with Crippen LogP contribution in [0.1, 0.15) is 33.2 Å². The first kappa shape index (κ1) is 19.2. The molecule has 0 saturated carbocycles. The first-order chi connectivity index (χ1) is 13.3. The minimum atomic E-state index is -1.15. The molecule has 0 radical (unpaired) electrons. The topological polar surface area (TPSA) is 69.4 Å². The van der Waals surface area contributed by atoms with Crippen LogP contribution in [0.25, 0.3) is 0 Å². The zero-order valence-electron chi connectivity index (χ0n) is 15.4. The van der Waals surface area contributed by atoms with E-state index in [1.165, 1.54) is 0 Å². The molecule has 0 fully saturated rings. The van der Waals surface area contributed by atoms with E-state index in [4.69, 9.17) is 4.74 Å². The van der Waals surface area contributed by atoms with Crippen LogP contribution in [0.5, 0.6) is 5.75 Å². The average molecular weight is 379 g/mol. The Kier molecular flexibility index (Phi) is 5.49. The molecule has 0 aliphatic rings. The molecule has 0 saturated heterocycles. The van der Waals surface area contributed by atoms with Crippen molar-refractivity contribution >= 4 is 11.5 Å². The summed E-state index contributed by atoms with van der Waals surface area (Å²) in [6, 6.07) is 16.9. The molecular weight excluding hydrogens is 361 g/mol. The van der Waals surface area contributed by atoms with Crippen LogP contribution < -0.4 is 4.74 Å². The standard InChI is InChI=1S/C22H18FNO4/c1-14-3-7-16(8-4-14)21(25)22(17-9-5-15(2)6-10-17)28-20-13-18(23)11-12-19(20)24(26)27/h3-13,22H,1-2H3/t22-/m0/s1. The van der Waals surface area contributed by atoms with Crippen LogP contribution in [0.4, 0.5) is 10.1 Å². The van der Waals surface area contributed by atoms with Crippen LogP contribution in [-0.4, -0.2) is 10.7 Å². The van der Waals surface area contributed by atoms with Gasteiger partial charge in [-0.25, -0.2) is 4.39 Å². The molecule has 0 aromatic heterocycles. The Morgan fingerprint density at radius 3 is 2.11 bits per heavy atom. The number of nitrogens with zero attached hydrogens (tertiary/aromatic N) is 1. The zero-order chi connectivity index (χ0) is 20.3. The fraction of sp³-hybridized carbons (Fsp3) is 0.136. The first-order valence-electron chi connectivity index (χ1n) is 8.63. The fourth-order valence-electron chi connectivity index (χ4n) is 2.74. The number of carbonyl (C=O) groups excluding carboxylic acids is 1. The molecule has 0 bridgehead atoms. The number of ketones is 1.